The van der Waals surface area contributed by atoms with Crippen molar-refractivity contribution in [3.05, 3.63) is 29.8 Å². The van der Waals surface area contributed by atoms with Crippen LogP contribution in [0.3, 0.4) is 0 Å². The Hall–Kier alpha value is -1.51. The van der Waals surface area contributed by atoms with E-state index in [1.165, 1.54) is 5.56 Å². The van der Waals surface area contributed by atoms with E-state index in [0.717, 1.165) is 18.6 Å². The van der Waals surface area contributed by atoms with Crippen molar-refractivity contribution in [2.75, 3.05) is 20.7 Å². The van der Waals surface area contributed by atoms with Gasteiger partial charge in [-0.1, -0.05) is 32.9 Å². The minimum atomic E-state index is 0.136. The van der Waals surface area contributed by atoms with E-state index in [1.54, 1.807) is 19.0 Å². The number of hydrogen-bond acceptors (Lipinski definition) is 2. The highest BCUT2D eigenvalue weighted by Gasteiger charge is 2.13. The molecular weight excluding hydrogens is 250 g/mol. The molecule has 0 aliphatic carbocycles. The third-order valence-corrected chi connectivity index (χ3v) is 3.25. The van der Waals surface area contributed by atoms with Crippen LogP contribution in [0.2, 0.25) is 0 Å². The number of ether oxygens (including phenoxy) is 1. The van der Waals surface area contributed by atoms with Gasteiger partial charge in [0.1, 0.15) is 5.75 Å². The van der Waals surface area contributed by atoms with Crippen molar-refractivity contribution in [2.45, 2.75) is 45.4 Å². The summed E-state index contributed by atoms with van der Waals surface area (Å²) in [5.74, 6) is 1.09. The molecule has 0 N–H and O–H groups in total. The minimum Gasteiger partial charge on any atom is -0.494 e. The Labute approximate surface area is 122 Å². The Morgan fingerprint density at radius 1 is 1.20 bits per heavy atom. The third-order valence-electron chi connectivity index (χ3n) is 3.25. The maximum Gasteiger partial charge on any atom is 0.222 e. The molecule has 1 amide bonds. The molecule has 0 saturated carbocycles. The molecule has 1 aromatic rings. The maximum atomic E-state index is 11.4. The summed E-state index contributed by atoms with van der Waals surface area (Å²) in [6.07, 6.45) is 2.37. The number of amides is 1. The predicted octanol–water partition coefficient (Wildman–Crippen LogP) is 3.62. The van der Waals surface area contributed by atoms with Gasteiger partial charge in [0.2, 0.25) is 5.91 Å². The molecule has 20 heavy (non-hydrogen) atoms. The normalized spacial score (nSPS) is 11.2. The first kappa shape index (κ1) is 16.5. The lowest BCUT2D eigenvalue weighted by Gasteiger charge is -2.19. The zero-order valence-electron chi connectivity index (χ0n) is 13.4. The molecule has 0 aliphatic heterocycles. The van der Waals surface area contributed by atoms with Gasteiger partial charge in [-0.3, -0.25) is 4.79 Å². The SMILES string of the molecule is CN(C)C(=O)CCCCOc1cccc(C(C)(C)C)c1. The largest absolute Gasteiger partial charge is 0.494 e. The summed E-state index contributed by atoms with van der Waals surface area (Å²) in [7, 11) is 3.58. The second-order valence-electron chi connectivity index (χ2n) is 6.37. The summed E-state index contributed by atoms with van der Waals surface area (Å²) in [6, 6.07) is 8.25. The van der Waals surface area contributed by atoms with E-state index in [1.807, 2.05) is 12.1 Å². The summed E-state index contributed by atoms with van der Waals surface area (Å²) in [5, 5.41) is 0. The van der Waals surface area contributed by atoms with Crippen molar-refractivity contribution >= 4 is 5.91 Å². The van der Waals surface area contributed by atoms with Crippen LogP contribution in [-0.4, -0.2) is 31.5 Å². The lowest BCUT2D eigenvalue weighted by molar-refractivity contribution is -0.128. The van der Waals surface area contributed by atoms with Gasteiger partial charge >= 0.3 is 0 Å². The molecule has 0 aliphatic rings. The van der Waals surface area contributed by atoms with Crippen molar-refractivity contribution < 1.29 is 9.53 Å². The molecule has 0 spiro atoms. The highest BCUT2D eigenvalue weighted by atomic mass is 16.5. The van der Waals surface area contributed by atoms with Gasteiger partial charge in [0.25, 0.3) is 0 Å². The lowest BCUT2D eigenvalue weighted by atomic mass is 9.87. The van der Waals surface area contributed by atoms with Crippen molar-refractivity contribution in [1.82, 2.24) is 4.90 Å². The van der Waals surface area contributed by atoms with Crippen LogP contribution in [0.5, 0.6) is 5.75 Å². The fraction of sp³-hybridized carbons (Fsp3) is 0.588. The number of benzene rings is 1. The van der Waals surface area contributed by atoms with Crippen LogP contribution < -0.4 is 4.74 Å². The number of rotatable bonds is 6. The van der Waals surface area contributed by atoms with Crippen LogP contribution in [0.4, 0.5) is 0 Å². The highest BCUT2D eigenvalue weighted by Crippen LogP contribution is 2.25. The predicted molar refractivity (Wildman–Crippen MR) is 83.2 cm³/mol. The summed E-state index contributed by atoms with van der Waals surface area (Å²) in [4.78, 5) is 13.0. The first-order chi connectivity index (χ1) is 9.30. The first-order valence-corrected chi connectivity index (χ1v) is 7.24. The number of unbranched alkanes of at least 4 members (excludes halogenated alkanes) is 1. The molecule has 0 unspecified atom stereocenters. The summed E-state index contributed by atoms with van der Waals surface area (Å²) < 4.78 is 5.76. The van der Waals surface area contributed by atoms with Gasteiger partial charge in [0, 0.05) is 20.5 Å². The van der Waals surface area contributed by atoms with E-state index in [4.69, 9.17) is 4.74 Å². The average Bonchev–Trinajstić information content (AvgIpc) is 2.37. The van der Waals surface area contributed by atoms with Crippen molar-refractivity contribution in [2.24, 2.45) is 0 Å². The first-order valence-electron chi connectivity index (χ1n) is 7.24. The standard InChI is InChI=1S/C17H27NO2/c1-17(2,3)14-9-8-10-15(13-14)20-12-7-6-11-16(19)18(4)5/h8-10,13H,6-7,11-12H2,1-5H3. The van der Waals surface area contributed by atoms with Gasteiger partial charge in [-0.25, -0.2) is 0 Å². The van der Waals surface area contributed by atoms with Crippen LogP contribution in [-0.2, 0) is 10.2 Å². The molecule has 1 rings (SSSR count). The van der Waals surface area contributed by atoms with Crippen LogP contribution in [0.25, 0.3) is 0 Å². The summed E-state index contributed by atoms with van der Waals surface area (Å²) in [6.45, 7) is 7.24. The molecule has 0 atom stereocenters. The number of hydrogen-bond donors (Lipinski definition) is 0. The van der Waals surface area contributed by atoms with Crippen LogP contribution in [0.15, 0.2) is 24.3 Å². The molecular formula is C17H27NO2. The van der Waals surface area contributed by atoms with Gasteiger partial charge in [0.05, 0.1) is 6.61 Å². The highest BCUT2D eigenvalue weighted by molar-refractivity contribution is 5.75. The van der Waals surface area contributed by atoms with Crippen molar-refractivity contribution in [3.63, 3.8) is 0 Å². The second-order valence-corrected chi connectivity index (χ2v) is 6.37. The van der Waals surface area contributed by atoms with Crippen molar-refractivity contribution in [1.29, 1.82) is 0 Å². The molecule has 0 bridgehead atoms. The Morgan fingerprint density at radius 2 is 1.90 bits per heavy atom. The molecule has 0 fully saturated rings. The third kappa shape index (κ3) is 5.64. The zero-order chi connectivity index (χ0) is 15.2. The fourth-order valence-corrected chi connectivity index (χ4v) is 1.84. The van der Waals surface area contributed by atoms with E-state index in [9.17, 15) is 4.79 Å². The number of nitrogens with zero attached hydrogens (tertiary/aromatic N) is 1. The number of carbonyl (C=O) groups excluding carboxylic acids is 1. The van der Waals surface area contributed by atoms with Gasteiger partial charge in [-0.2, -0.15) is 0 Å². The summed E-state index contributed by atoms with van der Waals surface area (Å²) in [5.41, 5.74) is 1.41. The Morgan fingerprint density at radius 3 is 2.50 bits per heavy atom. The topological polar surface area (TPSA) is 29.5 Å². The van der Waals surface area contributed by atoms with Crippen LogP contribution in [0, 0.1) is 0 Å². The molecule has 0 radical (unpaired) electrons. The molecule has 0 saturated heterocycles. The average molecular weight is 277 g/mol. The molecule has 0 aromatic heterocycles. The van der Waals surface area contributed by atoms with Crippen LogP contribution >= 0.6 is 0 Å². The smallest absolute Gasteiger partial charge is 0.222 e. The molecule has 3 heteroatoms. The quantitative estimate of drug-likeness (QED) is 0.743. The molecule has 1 aromatic carbocycles. The summed E-state index contributed by atoms with van der Waals surface area (Å²) >= 11 is 0. The number of carbonyl (C=O) groups is 1. The molecule has 3 nitrogen and oxygen atoms in total. The van der Waals surface area contributed by atoms with E-state index >= 15 is 0 Å². The Balaban J connectivity index is 2.34. The molecule has 112 valence electrons. The van der Waals surface area contributed by atoms with Gasteiger partial charge in [-0.15, -0.1) is 0 Å². The van der Waals surface area contributed by atoms with Gasteiger partial charge < -0.3 is 9.64 Å². The monoisotopic (exact) mass is 277 g/mol. The maximum absolute atomic E-state index is 11.4. The second kappa shape index (κ2) is 7.32. The lowest BCUT2D eigenvalue weighted by Crippen LogP contribution is -2.21. The Bertz CT molecular complexity index is 433. The zero-order valence-corrected chi connectivity index (χ0v) is 13.4. The van der Waals surface area contributed by atoms with E-state index < -0.39 is 0 Å². The van der Waals surface area contributed by atoms with Gasteiger partial charge in [-0.05, 0) is 36.0 Å². The van der Waals surface area contributed by atoms with Gasteiger partial charge in [0.15, 0.2) is 0 Å². The molecule has 0 heterocycles. The van der Waals surface area contributed by atoms with E-state index in [2.05, 4.69) is 32.9 Å². The fourth-order valence-electron chi connectivity index (χ4n) is 1.84. The van der Waals surface area contributed by atoms with E-state index in [-0.39, 0.29) is 11.3 Å². The minimum absolute atomic E-state index is 0.136. The van der Waals surface area contributed by atoms with Crippen molar-refractivity contribution in [3.8, 4) is 5.75 Å². The Kier molecular flexibility index (Phi) is 6.05. The van der Waals surface area contributed by atoms with E-state index in [0.29, 0.717) is 13.0 Å². The van der Waals surface area contributed by atoms with Crippen LogP contribution in [0.1, 0.15) is 45.6 Å².